The number of benzene rings is 3. The van der Waals surface area contributed by atoms with Crippen LogP contribution in [0.3, 0.4) is 0 Å². The first kappa shape index (κ1) is 29.7. The molecule has 0 unspecified atom stereocenters. The molecule has 1 aliphatic rings. The van der Waals surface area contributed by atoms with E-state index in [-0.39, 0.29) is 12.5 Å². The number of halogens is 1. The Morgan fingerprint density at radius 2 is 1.63 bits per heavy atom. The van der Waals surface area contributed by atoms with Crippen LogP contribution in [0.5, 0.6) is 5.75 Å². The van der Waals surface area contributed by atoms with Gasteiger partial charge in [-0.2, -0.15) is 0 Å². The normalized spacial score (nSPS) is 12.8. The van der Waals surface area contributed by atoms with Gasteiger partial charge in [0.2, 0.25) is 0 Å². The van der Waals surface area contributed by atoms with E-state index in [1.807, 2.05) is 59.5 Å². The van der Waals surface area contributed by atoms with Crippen LogP contribution in [0.15, 0.2) is 66.7 Å². The fraction of sp³-hybridized carbons (Fsp3) is 0.323. The van der Waals surface area contributed by atoms with Crippen LogP contribution in [0.1, 0.15) is 49.5 Å². The second kappa shape index (κ2) is 12.5. The molecule has 1 heterocycles. The number of carbonyl (C=O) groups is 3. The SMILES string of the molecule is COc1ccc(CN2C(=O)c3ccccc3N(CCCCN(C(=O)O)C(=O)OC(C)(C)C)c3cc(Cl)ccc32)cc1. The molecule has 1 N–H and O–H groups in total. The van der Waals surface area contributed by atoms with Crippen molar-refractivity contribution >= 4 is 46.8 Å². The van der Waals surface area contributed by atoms with Crippen molar-refractivity contribution in [2.75, 3.05) is 30.0 Å². The molecular weight excluding hydrogens is 546 g/mol. The van der Waals surface area contributed by atoms with Gasteiger partial charge in [0, 0.05) is 18.1 Å². The molecule has 0 saturated carbocycles. The van der Waals surface area contributed by atoms with Gasteiger partial charge in [-0.25, -0.2) is 14.5 Å². The lowest BCUT2D eigenvalue weighted by atomic mass is 10.1. The van der Waals surface area contributed by atoms with Gasteiger partial charge in [-0.3, -0.25) is 4.79 Å². The van der Waals surface area contributed by atoms with E-state index in [4.69, 9.17) is 21.1 Å². The Morgan fingerprint density at radius 3 is 2.29 bits per heavy atom. The maximum absolute atomic E-state index is 14.0. The predicted molar refractivity (Wildman–Crippen MR) is 159 cm³/mol. The van der Waals surface area contributed by atoms with E-state index in [2.05, 4.69) is 0 Å². The number of carboxylic acid groups (broad SMARTS) is 1. The largest absolute Gasteiger partial charge is 0.497 e. The second-order valence-corrected chi connectivity index (χ2v) is 11.1. The van der Waals surface area contributed by atoms with Crippen molar-refractivity contribution < 1.29 is 29.0 Å². The standard InChI is InChI=1S/C31H34ClN3O6/c1-31(2,3)41-30(39)34(29(37)38)18-8-7-17-33-25-10-6-5-9-24(25)28(36)35(26-16-13-22(32)19-27(26)33)20-21-11-14-23(40-4)15-12-21/h5-6,9-16,19H,7-8,17-18,20H2,1-4H3,(H,37,38). The highest BCUT2D eigenvalue weighted by Crippen LogP contribution is 2.42. The zero-order valence-corrected chi connectivity index (χ0v) is 24.4. The van der Waals surface area contributed by atoms with E-state index >= 15 is 0 Å². The molecule has 4 rings (SSSR count). The molecule has 0 saturated heterocycles. The maximum Gasteiger partial charge on any atom is 0.419 e. The third-order valence-electron chi connectivity index (χ3n) is 6.55. The van der Waals surface area contributed by atoms with Crippen LogP contribution in [0.4, 0.5) is 26.7 Å². The first-order valence-electron chi connectivity index (χ1n) is 13.3. The molecule has 10 heteroatoms. The van der Waals surface area contributed by atoms with Crippen molar-refractivity contribution in [2.24, 2.45) is 0 Å². The molecule has 41 heavy (non-hydrogen) atoms. The van der Waals surface area contributed by atoms with Crippen molar-refractivity contribution in [3.05, 3.63) is 82.9 Å². The Morgan fingerprint density at radius 1 is 0.927 bits per heavy atom. The third-order valence-corrected chi connectivity index (χ3v) is 6.78. The Kier molecular flexibility index (Phi) is 9.08. The zero-order chi connectivity index (χ0) is 29.7. The molecule has 0 bridgehead atoms. The molecule has 9 nitrogen and oxygen atoms in total. The van der Waals surface area contributed by atoms with Gasteiger partial charge in [0.05, 0.1) is 36.3 Å². The molecular formula is C31H34ClN3O6. The van der Waals surface area contributed by atoms with E-state index in [0.29, 0.717) is 47.1 Å². The second-order valence-electron chi connectivity index (χ2n) is 10.7. The lowest BCUT2D eigenvalue weighted by Crippen LogP contribution is -2.40. The number of nitrogens with zero attached hydrogens (tertiary/aromatic N) is 3. The highest BCUT2D eigenvalue weighted by Gasteiger charge is 2.31. The number of para-hydroxylation sites is 1. The minimum absolute atomic E-state index is 0.0232. The van der Waals surface area contributed by atoms with Crippen LogP contribution >= 0.6 is 11.6 Å². The average molecular weight is 580 g/mol. The summed E-state index contributed by atoms with van der Waals surface area (Å²) in [6.45, 7) is 5.82. The van der Waals surface area contributed by atoms with Crippen molar-refractivity contribution in [2.45, 2.75) is 45.8 Å². The summed E-state index contributed by atoms with van der Waals surface area (Å²) in [4.78, 5) is 42.6. The monoisotopic (exact) mass is 579 g/mol. The van der Waals surface area contributed by atoms with Gasteiger partial charge < -0.3 is 24.4 Å². The van der Waals surface area contributed by atoms with E-state index < -0.39 is 17.8 Å². The summed E-state index contributed by atoms with van der Waals surface area (Å²) in [7, 11) is 1.61. The summed E-state index contributed by atoms with van der Waals surface area (Å²) >= 11 is 6.46. The lowest BCUT2D eigenvalue weighted by molar-refractivity contribution is 0.0267. The summed E-state index contributed by atoms with van der Waals surface area (Å²) in [6, 6.07) is 20.4. The van der Waals surface area contributed by atoms with Gasteiger partial charge in [0.15, 0.2) is 0 Å². The lowest BCUT2D eigenvalue weighted by Gasteiger charge is -2.28. The number of imide groups is 1. The van der Waals surface area contributed by atoms with E-state index in [0.717, 1.165) is 22.7 Å². The molecule has 0 aliphatic carbocycles. The van der Waals surface area contributed by atoms with E-state index in [1.165, 1.54) is 0 Å². The molecule has 3 aromatic rings. The highest BCUT2D eigenvalue weighted by atomic mass is 35.5. The van der Waals surface area contributed by atoms with Crippen LogP contribution in [0.25, 0.3) is 0 Å². The number of hydrogen-bond acceptors (Lipinski definition) is 6. The van der Waals surface area contributed by atoms with Crippen LogP contribution < -0.4 is 14.5 Å². The fourth-order valence-electron chi connectivity index (χ4n) is 4.65. The minimum atomic E-state index is -1.36. The van der Waals surface area contributed by atoms with Gasteiger partial charge in [0.1, 0.15) is 11.4 Å². The summed E-state index contributed by atoms with van der Waals surface area (Å²) in [5.41, 5.74) is 2.84. The Bertz CT molecular complexity index is 1420. The van der Waals surface area contributed by atoms with Crippen LogP contribution in [0.2, 0.25) is 5.02 Å². The predicted octanol–water partition coefficient (Wildman–Crippen LogP) is 7.34. The van der Waals surface area contributed by atoms with E-state index in [9.17, 15) is 19.5 Å². The van der Waals surface area contributed by atoms with Gasteiger partial charge in [0.25, 0.3) is 5.91 Å². The van der Waals surface area contributed by atoms with Gasteiger partial charge in [-0.05, 0) is 81.6 Å². The van der Waals surface area contributed by atoms with Crippen LogP contribution in [-0.2, 0) is 11.3 Å². The number of rotatable bonds is 8. The molecule has 3 amide bonds. The van der Waals surface area contributed by atoms with Gasteiger partial charge in [-0.15, -0.1) is 0 Å². The van der Waals surface area contributed by atoms with Crippen LogP contribution in [0, 0.1) is 0 Å². The minimum Gasteiger partial charge on any atom is -0.497 e. The van der Waals surface area contributed by atoms with Gasteiger partial charge >= 0.3 is 12.2 Å². The Hall–Kier alpha value is -4.24. The molecule has 1 aliphatic heterocycles. The third kappa shape index (κ3) is 7.10. The average Bonchev–Trinajstić information content (AvgIpc) is 3.01. The molecule has 216 valence electrons. The topological polar surface area (TPSA) is 99.6 Å². The zero-order valence-electron chi connectivity index (χ0n) is 23.6. The Labute approximate surface area is 244 Å². The smallest absolute Gasteiger partial charge is 0.419 e. The first-order valence-corrected chi connectivity index (χ1v) is 13.7. The number of amides is 3. The molecule has 0 spiro atoms. The summed E-state index contributed by atoms with van der Waals surface area (Å²) in [5, 5.41) is 10.1. The van der Waals surface area contributed by atoms with Gasteiger partial charge in [-0.1, -0.05) is 35.9 Å². The number of hydrogen-bond donors (Lipinski definition) is 1. The number of unbranched alkanes of at least 4 members (excludes halogenated alkanes) is 1. The molecule has 0 atom stereocenters. The Balaban J connectivity index is 1.61. The number of methoxy groups -OCH3 is 1. The first-order chi connectivity index (χ1) is 19.5. The van der Waals surface area contributed by atoms with E-state index in [1.54, 1.807) is 44.9 Å². The number of ether oxygens (including phenoxy) is 2. The molecule has 3 aromatic carbocycles. The molecule has 0 aromatic heterocycles. The molecule has 0 radical (unpaired) electrons. The number of carbonyl (C=O) groups excluding carboxylic acids is 2. The molecule has 0 fully saturated rings. The van der Waals surface area contributed by atoms with Crippen molar-refractivity contribution in [3.63, 3.8) is 0 Å². The summed E-state index contributed by atoms with van der Waals surface area (Å²) < 4.78 is 10.5. The number of anilines is 3. The maximum atomic E-state index is 14.0. The van der Waals surface area contributed by atoms with Crippen molar-refractivity contribution in [1.82, 2.24) is 4.90 Å². The summed E-state index contributed by atoms with van der Waals surface area (Å²) in [5.74, 6) is 0.581. The summed E-state index contributed by atoms with van der Waals surface area (Å²) in [6.07, 6.45) is -1.35. The fourth-order valence-corrected chi connectivity index (χ4v) is 4.82. The van der Waals surface area contributed by atoms with Crippen molar-refractivity contribution in [1.29, 1.82) is 0 Å². The van der Waals surface area contributed by atoms with Crippen LogP contribution in [-0.4, -0.2) is 53.9 Å². The highest BCUT2D eigenvalue weighted by molar-refractivity contribution is 6.31. The quantitative estimate of drug-likeness (QED) is 0.279. The van der Waals surface area contributed by atoms with Crippen molar-refractivity contribution in [3.8, 4) is 5.75 Å². The number of fused-ring (bicyclic) bond motifs is 2.